The predicted molar refractivity (Wildman–Crippen MR) is 58.4 cm³/mol. The highest BCUT2D eigenvalue weighted by Gasteiger charge is 2.29. The van der Waals surface area contributed by atoms with Crippen LogP contribution < -0.4 is 0 Å². The smallest absolute Gasteiger partial charge is 0.132 e. The van der Waals surface area contributed by atoms with Gasteiger partial charge in [-0.3, -0.25) is 9.18 Å². The zero-order chi connectivity index (χ0) is 10.7. The summed E-state index contributed by atoms with van der Waals surface area (Å²) in [7, 11) is 0. The maximum atomic E-state index is 12.5. The van der Waals surface area contributed by atoms with Crippen LogP contribution in [0.4, 0.5) is 4.39 Å². The third-order valence-electron chi connectivity index (χ3n) is 4.36. The van der Waals surface area contributed by atoms with Crippen LogP contribution in [-0.4, -0.2) is 12.5 Å². The molecule has 0 N–H and O–H groups in total. The molecule has 0 saturated heterocycles. The van der Waals surface area contributed by atoms with E-state index in [1.807, 2.05) is 0 Å². The van der Waals surface area contributed by atoms with E-state index in [1.54, 1.807) is 0 Å². The van der Waals surface area contributed by atoms with Crippen molar-refractivity contribution in [3.8, 4) is 0 Å². The average molecular weight is 212 g/mol. The molecule has 0 atom stereocenters. The fourth-order valence-corrected chi connectivity index (χ4v) is 3.25. The van der Waals surface area contributed by atoms with Gasteiger partial charge in [-0.1, -0.05) is 0 Å². The van der Waals surface area contributed by atoms with Gasteiger partial charge in [0.15, 0.2) is 0 Å². The molecule has 0 amide bonds. The molecule has 0 heterocycles. The van der Waals surface area contributed by atoms with Crippen LogP contribution in [0.15, 0.2) is 0 Å². The van der Waals surface area contributed by atoms with Crippen LogP contribution >= 0.6 is 0 Å². The Labute approximate surface area is 91.4 Å². The zero-order valence-electron chi connectivity index (χ0n) is 9.38. The van der Waals surface area contributed by atoms with Gasteiger partial charge in [0.25, 0.3) is 0 Å². The third kappa shape index (κ3) is 2.79. The second kappa shape index (κ2) is 5.09. The molecule has 0 aliphatic heterocycles. The number of halogens is 1. The molecular formula is C13H21FO. The zero-order valence-corrected chi connectivity index (χ0v) is 9.38. The fourth-order valence-electron chi connectivity index (χ4n) is 3.25. The molecule has 0 aromatic rings. The van der Waals surface area contributed by atoms with Crippen LogP contribution in [0.3, 0.4) is 0 Å². The molecule has 0 spiro atoms. The molecule has 0 radical (unpaired) electrons. The van der Waals surface area contributed by atoms with E-state index >= 15 is 0 Å². The molecule has 2 heteroatoms. The Bertz CT molecular complexity index is 209. The first-order chi connectivity index (χ1) is 7.29. The summed E-state index contributed by atoms with van der Waals surface area (Å²) in [6.07, 6.45) is 8.35. The Hall–Kier alpha value is -0.400. The van der Waals surface area contributed by atoms with Crippen molar-refractivity contribution in [3.05, 3.63) is 0 Å². The number of hydrogen-bond donors (Lipinski definition) is 0. The molecular weight excluding hydrogens is 191 g/mol. The maximum absolute atomic E-state index is 12.5. The standard InChI is InChI=1S/C13H21FO/c14-9-10-1-3-11(4-2-10)12-5-7-13(15)8-6-12/h10-12H,1-9H2. The van der Waals surface area contributed by atoms with Gasteiger partial charge in [-0.05, 0) is 56.3 Å². The van der Waals surface area contributed by atoms with Crippen molar-refractivity contribution in [1.29, 1.82) is 0 Å². The average Bonchev–Trinajstić information content (AvgIpc) is 2.30. The van der Waals surface area contributed by atoms with E-state index in [2.05, 4.69) is 0 Å². The van der Waals surface area contributed by atoms with Crippen LogP contribution in [0, 0.1) is 17.8 Å². The van der Waals surface area contributed by atoms with Crippen LogP contribution in [-0.2, 0) is 4.79 Å². The van der Waals surface area contributed by atoms with E-state index in [1.165, 1.54) is 12.8 Å². The molecule has 0 aromatic carbocycles. The summed E-state index contributed by atoms with van der Waals surface area (Å²) >= 11 is 0. The van der Waals surface area contributed by atoms with Gasteiger partial charge in [0, 0.05) is 12.8 Å². The number of carbonyl (C=O) groups excluding carboxylic acids is 1. The summed E-state index contributed by atoms with van der Waals surface area (Å²) in [5.74, 6) is 2.35. The molecule has 2 aliphatic rings. The van der Waals surface area contributed by atoms with E-state index in [4.69, 9.17) is 0 Å². The van der Waals surface area contributed by atoms with Crippen LogP contribution in [0.2, 0.25) is 0 Å². The first-order valence-corrected chi connectivity index (χ1v) is 6.37. The quantitative estimate of drug-likeness (QED) is 0.684. The van der Waals surface area contributed by atoms with Gasteiger partial charge in [0.05, 0.1) is 6.67 Å². The normalized spacial score (nSPS) is 34.3. The topological polar surface area (TPSA) is 17.1 Å². The molecule has 0 bridgehead atoms. The van der Waals surface area contributed by atoms with Gasteiger partial charge in [-0.15, -0.1) is 0 Å². The van der Waals surface area contributed by atoms with Crippen molar-refractivity contribution in [2.75, 3.05) is 6.67 Å². The fraction of sp³-hybridized carbons (Fsp3) is 0.923. The number of ketones is 1. The highest BCUT2D eigenvalue weighted by Crippen LogP contribution is 2.39. The van der Waals surface area contributed by atoms with Gasteiger partial charge in [0.2, 0.25) is 0 Å². The highest BCUT2D eigenvalue weighted by atomic mass is 19.1. The van der Waals surface area contributed by atoms with Gasteiger partial charge in [-0.25, -0.2) is 0 Å². The summed E-state index contributed by atoms with van der Waals surface area (Å²) in [5.41, 5.74) is 0. The van der Waals surface area contributed by atoms with Gasteiger partial charge in [0.1, 0.15) is 5.78 Å². The summed E-state index contributed by atoms with van der Waals surface area (Å²) in [6, 6.07) is 0. The van der Waals surface area contributed by atoms with E-state index in [-0.39, 0.29) is 6.67 Å². The molecule has 2 aliphatic carbocycles. The Balaban J connectivity index is 1.78. The van der Waals surface area contributed by atoms with Crippen molar-refractivity contribution in [2.24, 2.45) is 17.8 Å². The molecule has 2 fully saturated rings. The molecule has 0 unspecified atom stereocenters. The molecule has 0 aromatic heterocycles. The largest absolute Gasteiger partial charge is 0.300 e. The van der Waals surface area contributed by atoms with Crippen LogP contribution in [0.25, 0.3) is 0 Å². The number of alkyl halides is 1. The number of rotatable bonds is 2. The minimum atomic E-state index is -0.129. The third-order valence-corrected chi connectivity index (χ3v) is 4.36. The SMILES string of the molecule is O=C1CCC(C2CCC(CF)CC2)CC1. The van der Waals surface area contributed by atoms with E-state index in [0.29, 0.717) is 11.7 Å². The lowest BCUT2D eigenvalue weighted by Gasteiger charge is -2.34. The van der Waals surface area contributed by atoms with Crippen LogP contribution in [0.5, 0.6) is 0 Å². The predicted octanol–water partition coefficient (Wildman–Crippen LogP) is 3.52. The van der Waals surface area contributed by atoms with Gasteiger partial charge in [-0.2, -0.15) is 0 Å². The lowest BCUT2D eigenvalue weighted by molar-refractivity contribution is -0.121. The van der Waals surface area contributed by atoms with Crippen molar-refractivity contribution in [2.45, 2.75) is 51.4 Å². The Morgan fingerprint density at radius 2 is 1.47 bits per heavy atom. The number of Topliss-reactive ketones (excluding diaryl/α,β-unsaturated/α-hetero) is 1. The number of carbonyl (C=O) groups is 1. The first-order valence-electron chi connectivity index (χ1n) is 6.37. The minimum absolute atomic E-state index is 0.129. The highest BCUT2D eigenvalue weighted by molar-refractivity contribution is 5.79. The minimum Gasteiger partial charge on any atom is -0.300 e. The molecule has 2 rings (SSSR count). The van der Waals surface area contributed by atoms with E-state index in [0.717, 1.165) is 50.4 Å². The maximum Gasteiger partial charge on any atom is 0.132 e. The summed E-state index contributed by atoms with van der Waals surface area (Å²) < 4.78 is 12.5. The monoisotopic (exact) mass is 212 g/mol. The second-order valence-corrected chi connectivity index (χ2v) is 5.31. The second-order valence-electron chi connectivity index (χ2n) is 5.31. The Morgan fingerprint density at radius 1 is 0.933 bits per heavy atom. The summed E-state index contributed by atoms with van der Waals surface area (Å²) in [4.78, 5) is 11.1. The molecule has 15 heavy (non-hydrogen) atoms. The summed E-state index contributed by atoms with van der Waals surface area (Å²) in [6.45, 7) is -0.129. The lowest BCUT2D eigenvalue weighted by atomic mass is 9.71. The first kappa shape index (κ1) is 11.1. The molecule has 2 saturated carbocycles. The van der Waals surface area contributed by atoms with Gasteiger partial charge >= 0.3 is 0 Å². The van der Waals surface area contributed by atoms with Crippen molar-refractivity contribution in [3.63, 3.8) is 0 Å². The van der Waals surface area contributed by atoms with Crippen molar-refractivity contribution in [1.82, 2.24) is 0 Å². The van der Waals surface area contributed by atoms with Gasteiger partial charge < -0.3 is 0 Å². The lowest BCUT2D eigenvalue weighted by Crippen LogP contribution is -2.26. The molecule has 86 valence electrons. The van der Waals surface area contributed by atoms with E-state index < -0.39 is 0 Å². The van der Waals surface area contributed by atoms with Crippen LogP contribution in [0.1, 0.15) is 51.4 Å². The summed E-state index contributed by atoms with van der Waals surface area (Å²) in [5, 5.41) is 0. The van der Waals surface area contributed by atoms with E-state index in [9.17, 15) is 9.18 Å². The Kier molecular flexibility index (Phi) is 3.76. The number of hydrogen-bond acceptors (Lipinski definition) is 1. The Morgan fingerprint density at radius 3 is 2.00 bits per heavy atom. The van der Waals surface area contributed by atoms with Crippen molar-refractivity contribution >= 4 is 5.78 Å². The molecule has 1 nitrogen and oxygen atoms in total. The van der Waals surface area contributed by atoms with Crippen molar-refractivity contribution < 1.29 is 9.18 Å².